The number of nitrogens with one attached hydrogen (secondary N) is 1. The molecule has 3 atom stereocenters. The molecular formula is C16H30N2O3. The summed E-state index contributed by atoms with van der Waals surface area (Å²) in [6, 6.07) is 0.164. The highest BCUT2D eigenvalue weighted by Crippen LogP contribution is 2.31. The standard InChI is InChI=1S/C16H30N2O3/c1-4-18(5-2)10-6-7-12(3)17-15(19)13-8-9-14(11-13)16(20)21/h12-14H,4-11H2,1-3H3,(H,17,19)(H,20,21). The van der Waals surface area contributed by atoms with Crippen LogP contribution in [0.3, 0.4) is 0 Å². The van der Waals surface area contributed by atoms with Crippen LogP contribution in [0.2, 0.25) is 0 Å². The van der Waals surface area contributed by atoms with Crippen LogP contribution in [0, 0.1) is 11.8 Å². The van der Waals surface area contributed by atoms with Crippen molar-refractivity contribution in [1.29, 1.82) is 0 Å². The van der Waals surface area contributed by atoms with Gasteiger partial charge in [-0.1, -0.05) is 13.8 Å². The predicted molar refractivity (Wildman–Crippen MR) is 83.1 cm³/mol. The van der Waals surface area contributed by atoms with E-state index >= 15 is 0 Å². The highest BCUT2D eigenvalue weighted by molar-refractivity contribution is 5.81. The van der Waals surface area contributed by atoms with Gasteiger partial charge in [0.15, 0.2) is 0 Å². The Bertz CT molecular complexity index is 342. The molecule has 5 nitrogen and oxygen atoms in total. The Balaban J connectivity index is 2.23. The van der Waals surface area contributed by atoms with Gasteiger partial charge < -0.3 is 15.3 Å². The fraction of sp³-hybridized carbons (Fsp3) is 0.875. The minimum Gasteiger partial charge on any atom is -0.481 e. The zero-order valence-electron chi connectivity index (χ0n) is 13.6. The summed E-state index contributed by atoms with van der Waals surface area (Å²) in [6.07, 6.45) is 3.87. The minimum absolute atomic E-state index is 0.0362. The van der Waals surface area contributed by atoms with Gasteiger partial charge in [-0.2, -0.15) is 0 Å². The van der Waals surface area contributed by atoms with E-state index in [1.165, 1.54) is 0 Å². The van der Waals surface area contributed by atoms with Crippen LogP contribution < -0.4 is 5.32 Å². The number of aliphatic carboxylic acids is 1. The molecule has 0 aromatic carbocycles. The van der Waals surface area contributed by atoms with Gasteiger partial charge in [-0.25, -0.2) is 0 Å². The fourth-order valence-electron chi connectivity index (χ4n) is 3.04. The van der Waals surface area contributed by atoms with Gasteiger partial charge in [0.1, 0.15) is 0 Å². The third-order valence-corrected chi connectivity index (χ3v) is 4.55. The lowest BCUT2D eigenvalue weighted by Gasteiger charge is -2.20. The molecule has 5 heteroatoms. The molecule has 122 valence electrons. The van der Waals surface area contributed by atoms with Crippen LogP contribution >= 0.6 is 0 Å². The van der Waals surface area contributed by atoms with Crippen molar-refractivity contribution in [2.24, 2.45) is 11.8 Å². The Morgan fingerprint density at radius 1 is 1.24 bits per heavy atom. The monoisotopic (exact) mass is 298 g/mol. The SMILES string of the molecule is CCN(CC)CCCC(C)NC(=O)C1CCC(C(=O)O)C1. The van der Waals surface area contributed by atoms with Crippen LogP contribution in [0.1, 0.15) is 52.9 Å². The topological polar surface area (TPSA) is 69.6 Å². The first-order valence-corrected chi connectivity index (χ1v) is 8.23. The smallest absolute Gasteiger partial charge is 0.306 e. The van der Waals surface area contributed by atoms with Crippen molar-refractivity contribution in [1.82, 2.24) is 10.2 Å². The van der Waals surface area contributed by atoms with Crippen molar-refractivity contribution < 1.29 is 14.7 Å². The van der Waals surface area contributed by atoms with E-state index in [2.05, 4.69) is 24.1 Å². The van der Waals surface area contributed by atoms with E-state index < -0.39 is 5.97 Å². The molecule has 21 heavy (non-hydrogen) atoms. The number of carboxylic acid groups (broad SMARTS) is 1. The quantitative estimate of drug-likeness (QED) is 0.684. The number of carbonyl (C=O) groups excluding carboxylic acids is 1. The molecule has 1 rings (SSSR count). The molecule has 0 spiro atoms. The maximum Gasteiger partial charge on any atom is 0.306 e. The van der Waals surface area contributed by atoms with E-state index in [0.717, 1.165) is 32.5 Å². The molecule has 0 bridgehead atoms. The van der Waals surface area contributed by atoms with Gasteiger partial charge >= 0.3 is 5.97 Å². The third-order valence-electron chi connectivity index (χ3n) is 4.55. The first-order chi connectivity index (χ1) is 9.97. The molecule has 0 aromatic rings. The summed E-state index contributed by atoms with van der Waals surface area (Å²) >= 11 is 0. The third kappa shape index (κ3) is 6.04. The molecule has 1 saturated carbocycles. The Hall–Kier alpha value is -1.10. The van der Waals surface area contributed by atoms with Gasteiger partial charge in [0.25, 0.3) is 0 Å². The van der Waals surface area contributed by atoms with E-state index in [1.807, 2.05) is 6.92 Å². The Kier molecular flexibility index (Phi) is 7.72. The molecule has 0 radical (unpaired) electrons. The van der Waals surface area contributed by atoms with Crippen molar-refractivity contribution in [3.8, 4) is 0 Å². The molecular weight excluding hydrogens is 268 g/mol. The minimum atomic E-state index is -0.766. The molecule has 2 N–H and O–H groups in total. The lowest BCUT2D eigenvalue weighted by molar-refractivity contribution is -0.141. The van der Waals surface area contributed by atoms with Crippen LogP contribution in [-0.2, 0) is 9.59 Å². The van der Waals surface area contributed by atoms with E-state index in [1.54, 1.807) is 0 Å². The van der Waals surface area contributed by atoms with E-state index in [9.17, 15) is 9.59 Å². The summed E-state index contributed by atoms with van der Waals surface area (Å²) in [5.41, 5.74) is 0. The van der Waals surface area contributed by atoms with Crippen molar-refractivity contribution in [3.63, 3.8) is 0 Å². The van der Waals surface area contributed by atoms with Gasteiger partial charge in [-0.05, 0) is 58.7 Å². The first kappa shape index (κ1) is 18.0. The number of nitrogens with zero attached hydrogens (tertiary/aromatic N) is 1. The molecule has 1 aliphatic carbocycles. The van der Waals surface area contributed by atoms with Gasteiger partial charge in [0.05, 0.1) is 5.92 Å². The number of hydrogen-bond donors (Lipinski definition) is 2. The Morgan fingerprint density at radius 3 is 2.38 bits per heavy atom. The van der Waals surface area contributed by atoms with Gasteiger partial charge in [0, 0.05) is 12.0 Å². The first-order valence-electron chi connectivity index (χ1n) is 8.23. The van der Waals surface area contributed by atoms with Crippen LogP contribution in [0.25, 0.3) is 0 Å². The van der Waals surface area contributed by atoms with E-state index in [0.29, 0.717) is 19.3 Å². The van der Waals surface area contributed by atoms with Crippen molar-refractivity contribution >= 4 is 11.9 Å². The lowest BCUT2D eigenvalue weighted by atomic mass is 10.0. The zero-order chi connectivity index (χ0) is 15.8. The lowest BCUT2D eigenvalue weighted by Crippen LogP contribution is -2.37. The Labute approximate surface area is 128 Å². The highest BCUT2D eigenvalue weighted by atomic mass is 16.4. The number of hydrogen-bond acceptors (Lipinski definition) is 3. The molecule has 0 aromatic heterocycles. The van der Waals surface area contributed by atoms with Crippen LogP contribution in [-0.4, -0.2) is 47.6 Å². The molecule has 0 heterocycles. The average molecular weight is 298 g/mol. The summed E-state index contributed by atoms with van der Waals surface area (Å²) in [7, 11) is 0. The second kappa shape index (κ2) is 9.03. The summed E-state index contributed by atoms with van der Waals surface area (Å²) < 4.78 is 0. The number of rotatable bonds is 9. The molecule has 3 unspecified atom stereocenters. The normalized spacial score (nSPS) is 23.2. The highest BCUT2D eigenvalue weighted by Gasteiger charge is 2.34. The van der Waals surface area contributed by atoms with Crippen LogP contribution in [0.4, 0.5) is 0 Å². The summed E-state index contributed by atoms with van der Waals surface area (Å²) in [5, 5.41) is 12.0. The second-order valence-electron chi connectivity index (χ2n) is 6.12. The largest absolute Gasteiger partial charge is 0.481 e. The fourth-order valence-corrected chi connectivity index (χ4v) is 3.04. The molecule has 1 aliphatic rings. The summed E-state index contributed by atoms with van der Waals surface area (Å²) in [6.45, 7) is 9.55. The maximum absolute atomic E-state index is 12.1. The van der Waals surface area contributed by atoms with Crippen LogP contribution in [0.5, 0.6) is 0 Å². The number of amides is 1. The van der Waals surface area contributed by atoms with Crippen LogP contribution in [0.15, 0.2) is 0 Å². The number of carbonyl (C=O) groups is 2. The predicted octanol–water partition coefficient (Wildman–Crippen LogP) is 2.11. The summed E-state index contributed by atoms with van der Waals surface area (Å²) in [4.78, 5) is 25.4. The maximum atomic E-state index is 12.1. The van der Waals surface area contributed by atoms with Crippen molar-refractivity contribution in [2.75, 3.05) is 19.6 Å². The summed E-state index contributed by atoms with van der Waals surface area (Å²) in [5.74, 6) is -1.18. The van der Waals surface area contributed by atoms with E-state index in [-0.39, 0.29) is 23.8 Å². The second-order valence-corrected chi connectivity index (χ2v) is 6.12. The van der Waals surface area contributed by atoms with E-state index in [4.69, 9.17) is 5.11 Å². The number of carboxylic acids is 1. The van der Waals surface area contributed by atoms with Gasteiger partial charge in [0.2, 0.25) is 5.91 Å². The van der Waals surface area contributed by atoms with Gasteiger partial charge in [-0.3, -0.25) is 9.59 Å². The Morgan fingerprint density at radius 2 is 1.86 bits per heavy atom. The molecule has 0 saturated heterocycles. The molecule has 1 amide bonds. The van der Waals surface area contributed by atoms with Crippen molar-refractivity contribution in [3.05, 3.63) is 0 Å². The average Bonchev–Trinajstić information content (AvgIpc) is 2.93. The molecule has 1 fully saturated rings. The molecule has 0 aliphatic heterocycles. The zero-order valence-corrected chi connectivity index (χ0v) is 13.6. The van der Waals surface area contributed by atoms with Crippen molar-refractivity contribution in [2.45, 2.75) is 58.9 Å². The van der Waals surface area contributed by atoms with Gasteiger partial charge in [-0.15, -0.1) is 0 Å².